The summed E-state index contributed by atoms with van der Waals surface area (Å²) in [5, 5.41) is 6.69. The van der Waals surface area contributed by atoms with Crippen molar-refractivity contribution in [2.45, 2.75) is 26.8 Å². The Labute approximate surface area is 133 Å². The molecule has 0 radical (unpaired) electrons. The van der Waals surface area contributed by atoms with Gasteiger partial charge in [-0.05, 0) is 38.5 Å². The molecule has 23 heavy (non-hydrogen) atoms. The molecule has 1 aromatic heterocycles. The lowest BCUT2D eigenvalue weighted by atomic mass is 10.1. The monoisotopic (exact) mass is 319 g/mol. The summed E-state index contributed by atoms with van der Waals surface area (Å²) >= 11 is 0. The number of anilines is 1. The number of ether oxygens (including phenoxy) is 1. The molecule has 0 atom stereocenters. The van der Waals surface area contributed by atoms with Crippen molar-refractivity contribution in [3.05, 3.63) is 47.4 Å². The lowest BCUT2D eigenvalue weighted by Crippen LogP contribution is -2.23. The molecule has 0 fully saturated rings. The number of hydrogen-bond acceptors (Lipinski definition) is 4. The third kappa shape index (κ3) is 4.15. The normalized spacial score (nSPS) is 10.7. The van der Waals surface area contributed by atoms with E-state index >= 15 is 0 Å². The Hall–Kier alpha value is -2.70. The molecular weight excluding hydrogens is 301 g/mol. The Morgan fingerprint density at radius 1 is 1.35 bits per heavy atom. The highest BCUT2D eigenvalue weighted by molar-refractivity contribution is 5.95. The van der Waals surface area contributed by atoms with Crippen molar-refractivity contribution in [3.63, 3.8) is 0 Å². The van der Waals surface area contributed by atoms with Gasteiger partial charge in [-0.15, -0.1) is 0 Å². The van der Waals surface area contributed by atoms with E-state index in [1.807, 2.05) is 13.8 Å². The second kappa shape index (κ2) is 7.04. The number of aryl methyl sites for hydroxylation is 1. The van der Waals surface area contributed by atoms with E-state index in [0.717, 1.165) is 6.07 Å². The van der Waals surface area contributed by atoms with E-state index in [0.29, 0.717) is 11.4 Å². The topological polar surface area (TPSA) is 73.2 Å². The van der Waals surface area contributed by atoms with E-state index in [2.05, 4.69) is 10.4 Å². The summed E-state index contributed by atoms with van der Waals surface area (Å²) in [4.78, 5) is 23.6. The first-order chi connectivity index (χ1) is 10.9. The summed E-state index contributed by atoms with van der Waals surface area (Å²) < 4.78 is 19.9. The van der Waals surface area contributed by atoms with Gasteiger partial charge in [-0.3, -0.25) is 4.79 Å². The van der Waals surface area contributed by atoms with Crippen molar-refractivity contribution in [1.82, 2.24) is 9.78 Å². The molecule has 0 saturated heterocycles. The largest absolute Gasteiger partial charge is 0.452 e. The van der Waals surface area contributed by atoms with Gasteiger partial charge in [0.05, 0.1) is 11.8 Å². The molecule has 122 valence electrons. The Bertz CT molecular complexity index is 725. The van der Waals surface area contributed by atoms with Gasteiger partial charge in [-0.2, -0.15) is 5.10 Å². The van der Waals surface area contributed by atoms with Crippen LogP contribution in [0.25, 0.3) is 0 Å². The number of hydrogen-bond donors (Lipinski definition) is 1. The molecule has 2 rings (SSSR count). The minimum absolute atomic E-state index is 0.0631. The highest BCUT2D eigenvalue weighted by Gasteiger charge is 2.14. The molecule has 0 bridgehead atoms. The van der Waals surface area contributed by atoms with E-state index in [9.17, 15) is 14.0 Å². The minimum atomic E-state index is -0.753. The van der Waals surface area contributed by atoms with Gasteiger partial charge in [0.1, 0.15) is 11.6 Å². The lowest BCUT2D eigenvalue weighted by Gasteiger charge is -2.12. The maximum atomic E-state index is 13.4. The van der Waals surface area contributed by atoms with E-state index in [4.69, 9.17) is 4.74 Å². The number of halogens is 1. The van der Waals surface area contributed by atoms with Crippen LogP contribution in [0.5, 0.6) is 0 Å². The zero-order valence-electron chi connectivity index (χ0n) is 13.2. The molecule has 1 heterocycles. The van der Waals surface area contributed by atoms with Gasteiger partial charge in [0.25, 0.3) is 5.91 Å². The van der Waals surface area contributed by atoms with Crippen LogP contribution in [0.2, 0.25) is 0 Å². The van der Waals surface area contributed by atoms with Gasteiger partial charge >= 0.3 is 5.97 Å². The molecule has 6 nitrogen and oxygen atoms in total. The fourth-order valence-electron chi connectivity index (χ4n) is 1.94. The van der Waals surface area contributed by atoms with Crippen LogP contribution >= 0.6 is 0 Å². The second-order valence-corrected chi connectivity index (χ2v) is 5.34. The molecule has 2 aromatic rings. The van der Waals surface area contributed by atoms with Gasteiger partial charge in [0.2, 0.25) is 0 Å². The molecule has 0 aliphatic heterocycles. The first kappa shape index (κ1) is 16.7. The quantitative estimate of drug-likeness (QED) is 0.860. The number of esters is 1. The summed E-state index contributed by atoms with van der Waals surface area (Å²) in [6.07, 6.45) is 1.57. The standard InChI is InChI=1S/C16H18FN3O3/c1-10(2)20-14(6-7-18-20)19-15(21)9-23-16(22)12-5-4-11(3)13(17)8-12/h4-8,10H,9H2,1-3H3,(H,19,21). The van der Waals surface area contributed by atoms with E-state index in [1.54, 1.807) is 23.9 Å². The molecule has 1 amide bonds. The molecule has 1 aromatic carbocycles. The highest BCUT2D eigenvalue weighted by atomic mass is 19.1. The predicted molar refractivity (Wildman–Crippen MR) is 82.7 cm³/mol. The molecule has 0 unspecified atom stereocenters. The molecule has 0 spiro atoms. The lowest BCUT2D eigenvalue weighted by molar-refractivity contribution is -0.119. The van der Waals surface area contributed by atoms with Gasteiger partial charge < -0.3 is 10.1 Å². The number of carbonyl (C=O) groups is 2. The minimum Gasteiger partial charge on any atom is -0.452 e. The third-order valence-electron chi connectivity index (χ3n) is 3.17. The number of rotatable bonds is 5. The molecule has 0 saturated carbocycles. The number of benzene rings is 1. The number of carbonyl (C=O) groups excluding carboxylic acids is 2. The number of nitrogens with one attached hydrogen (secondary N) is 1. The van der Waals surface area contributed by atoms with Gasteiger partial charge in [0.15, 0.2) is 6.61 Å². The van der Waals surface area contributed by atoms with Crippen LogP contribution in [0.1, 0.15) is 35.8 Å². The molecule has 0 aliphatic rings. The number of aromatic nitrogens is 2. The molecular formula is C16H18FN3O3. The van der Waals surface area contributed by atoms with Crippen molar-refractivity contribution in [3.8, 4) is 0 Å². The second-order valence-electron chi connectivity index (χ2n) is 5.34. The van der Waals surface area contributed by atoms with Crippen LogP contribution in [-0.4, -0.2) is 28.3 Å². The van der Waals surface area contributed by atoms with Crippen molar-refractivity contribution < 1.29 is 18.7 Å². The van der Waals surface area contributed by atoms with E-state index in [-0.39, 0.29) is 11.6 Å². The van der Waals surface area contributed by atoms with Crippen LogP contribution < -0.4 is 5.32 Å². The maximum absolute atomic E-state index is 13.4. The molecule has 0 aliphatic carbocycles. The van der Waals surface area contributed by atoms with Crippen LogP contribution in [-0.2, 0) is 9.53 Å². The van der Waals surface area contributed by atoms with Crippen molar-refractivity contribution in [2.75, 3.05) is 11.9 Å². The van der Waals surface area contributed by atoms with Gasteiger partial charge in [-0.25, -0.2) is 13.9 Å². The van der Waals surface area contributed by atoms with Gasteiger partial charge in [-0.1, -0.05) is 6.07 Å². The van der Waals surface area contributed by atoms with Crippen molar-refractivity contribution in [2.24, 2.45) is 0 Å². The Morgan fingerprint density at radius 2 is 2.09 bits per heavy atom. The zero-order valence-corrected chi connectivity index (χ0v) is 13.2. The smallest absolute Gasteiger partial charge is 0.338 e. The number of amides is 1. The Morgan fingerprint density at radius 3 is 2.74 bits per heavy atom. The summed E-state index contributed by atoms with van der Waals surface area (Å²) in [7, 11) is 0. The fraction of sp³-hybridized carbons (Fsp3) is 0.312. The summed E-state index contributed by atoms with van der Waals surface area (Å²) in [5.74, 6) is -1.23. The Kier molecular flexibility index (Phi) is 5.10. The number of nitrogens with zero attached hydrogens (tertiary/aromatic N) is 2. The SMILES string of the molecule is Cc1ccc(C(=O)OCC(=O)Nc2ccnn2C(C)C)cc1F. The van der Waals surface area contributed by atoms with E-state index in [1.165, 1.54) is 12.1 Å². The summed E-state index contributed by atoms with van der Waals surface area (Å²) in [6, 6.07) is 5.75. The molecule has 1 N–H and O–H groups in total. The molecule has 7 heteroatoms. The summed E-state index contributed by atoms with van der Waals surface area (Å²) in [5.41, 5.74) is 0.495. The highest BCUT2D eigenvalue weighted by Crippen LogP contribution is 2.13. The average Bonchev–Trinajstić information content (AvgIpc) is 2.96. The first-order valence-electron chi connectivity index (χ1n) is 7.15. The van der Waals surface area contributed by atoms with Crippen LogP contribution in [0, 0.1) is 12.7 Å². The average molecular weight is 319 g/mol. The van der Waals surface area contributed by atoms with Gasteiger partial charge in [0, 0.05) is 12.1 Å². The van der Waals surface area contributed by atoms with E-state index < -0.39 is 24.3 Å². The van der Waals surface area contributed by atoms with Crippen LogP contribution in [0.3, 0.4) is 0 Å². The predicted octanol–water partition coefficient (Wildman–Crippen LogP) is 2.71. The van der Waals surface area contributed by atoms with Crippen LogP contribution in [0.15, 0.2) is 30.5 Å². The van der Waals surface area contributed by atoms with Crippen LogP contribution in [0.4, 0.5) is 10.2 Å². The zero-order chi connectivity index (χ0) is 17.0. The fourth-order valence-corrected chi connectivity index (χ4v) is 1.94. The Balaban J connectivity index is 1.92. The first-order valence-corrected chi connectivity index (χ1v) is 7.15. The summed E-state index contributed by atoms with van der Waals surface area (Å²) in [6.45, 7) is 4.98. The van der Waals surface area contributed by atoms with Crippen molar-refractivity contribution in [1.29, 1.82) is 0 Å². The van der Waals surface area contributed by atoms with Crippen molar-refractivity contribution >= 4 is 17.7 Å². The third-order valence-corrected chi connectivity index (χ3v) is 3.17. The maximum Gasteiger partial charge on any atom is 0.338 e.